The van der Waals surface area contributed by atoms with Crippen LogP contribution in [0.15, 0.2) is 24.4 Å². The number of imidazole rings is 1. The first-order valence-corrected chi connectivity index (χ1v) is 7.42. The summed E-state index contributed by atoms with van der Waals surface area (Å²) in [6, 6.07) is 6.40. The molecule has 1 aromatic carbocycles. The summed E-state index contributed by atoms with van der Waals surface area (Å²) < 4.78 is 5.56. The molecule has 3 heterocycles. The van der Waals surface area contributed by atoms with E-state index in [0.717, 1.165) is 43.4 Å². The molecular formula is C16H19N3O. The molecule has 1 unspecified atom stereocenters. The second-order valence-electron chi connectivity index (χ2n) is 5.65. The van der Waals surface area contributed by atoms with Gasteiger partial charge in [-0.25, -0.2) is 4.98 Å². The van der Waals surface area contributed by atoms with Crippen LogP contribution >= 0.6 is 0 Å². The molecule has 2 aliphatic rings. The normalized spacial score (nSPS) is 21.5. The van der Waals surface area contributed by atoms with Gasteiger partial charge in [-0.2, -0.15) is 0 Å². The summed E-state index contributed by atoms with van der Waals surface area (Å²) in [4.78, 5) is 8.08. The number of fused-ring (bicyclic) bond motifs is 1. The molecule has 1 saturated heterocycles. The quantitative estimate of drug-likeness (QED) is 0.880. The third-order valence-corrected chi connectivity index (χ3v) is 4.28. The van der Waals surface area contributed by atoms with Crippen molar-refractivity contribution in [3.8, 4) is 17.0 Å². The molecule has 0 radical (unpaired) electrons. The van der Waals surface area contributed by atoms with Crippen molar-refractivity contribution in [2.24, 2.45) is 0 Å². The molecule has 20 heavy (non-hydrogen) atoms. The van der Waals surface area contributed by atoms with Crippen LogP contribution in [0.4, 0.5) is 0 Å². The minimum absolute atomic E-state index is 0.523. The number of aromatic amines is 1. The third kappa shape index (κ3) is 2.10. The number of nitrogens with one attached hydrogen (secondary N) is 2. The summed E-state index contributed by atoms with van der Waals surface area (Å²) in [6.07, 6.45) is 5.42. The van der Waals surface area contributed by atoms with Gasteiger partial charge in [0.1, 0.15) is 11.6 Å². The van der Waals surface area contributed by atoms with Crippen LogP contribution in [0.25, 0.3) is 11.3 Å². The fraction of sp³-hybridized carbons (Fsp3) is 0.438. The maximum atomic E-state index is 5.56. The Morgan fingerprint density at radius 2 is 2.30 bits per heavy atom. The predicted molar refractivity (Wildman–Crippen MR) is 78.1 cm³/mol. The van der Waals surface area contributed by atoms with Crippen LogP contribution in [0.3, 0.4) is 0 Å². The first-order valence-electron chi connectivity index (χ1n) is 7.42. The maximum absolute atomic E-state index is 5.56. The van der Waals surface area contributed by atoms with Crippen LogP contribution < -0.4 is 10.1 Å². The lowest BCUT2D eigenvalue weighted by molar-refractivity contribution is 0.357. The average Bonchev–Trinajstić information content (AvgIpc) is 3.16. The third-order valence-electron chi connectivity index (χ3n) is 4.28. The number of piperidine rings is 1. The summed E-state index contributed by atoms with van der Waals surface area (Å²) in [7, 11) is 0. The zero-order chi connectivity index (χ0) is 13.4. The van der Waals surface area contributed by atoms with Crippen molar-refractivity contribution in [2.75, 3.05) is 19.7 Å². The largest absolute Gasteiger partial charge is 0.493 e. The van der Waals surface area contributed by atoms with Gasteiger partial charge in [-0.3, -0.25) is 0 Å². The molecule has 0 saturated carbocycles. The van der Waals surface area contributed by atoms with Gasteiger partial charge in [0.2, 0.25) is 0 Å². The van der Waals surface area contributed by atoms with Crippen molar-refractivity contribution >= 4 is 0 Å². The first-order chi connectivity index (χ1) is 9.90. The van der Waals surface area contributed by atoms with Crippen LogP contribution in [-0.4, -0.2) is 29.7 Å². The Bertz CT molecular complexity index is 614. The Kier molecular flexibility index (Phi) is 2.96. The van der Waals surface area contributed by atoms with Gasteiger partial charge >= 0.3 is 0 Å². The first kappa shape index (κ1) is 12.0. The van der Waals surface area contributed by atoms with Crippen LogP contribution in [0.1, 0.15) is 30.1 Å². The predicted octanol–water partition coefficient (Wildman–Crippen LogP) is 2.48. The van der Waals surface area contributed by atoms with Crippen molar-refractivity contribution in [3.63, 3.8) is 0 Å². The molecule has 0 amide bonds. The van der Waals surface area contributed by atoms with Crippen molar-refractivity contribution in [3.05, 3.63) is 35.8 Å². The molecule has 4 heteroatoms. The van der Waals surface area contributed by atoms with E-state index in [1.54, 1.807) is 0 Å². The van der Waals surface area contributed by atoms with E-state index in [9.17, 15) is 0 Å². The molecule has 4 nitrogen and oxygen atoms in total. The molecule has 0 spiro atoms. The standard InChI is InChI=1S/C16H19N3O/c1-2-13(9-17-6-1)16-18-10-14(19-16)11-3-4-15-12(8-11)5-7-20-15/h3-4,8,10,13,17H,1-2,5-7,9H2,(H,18,19). The number of nitrogens with zero attached hydrogens (tertiary/aromatic N) is 1. The number of ether oxygens (including phenoxy) is 1. The van der Waals surface area contributed by atoms with Gasteiger partial charge < -0.3 is 15.0 Å². The van der Waals surface area contributed by atoms with Crippen LogP contribution in [0.2, 0.25) is 0 Å². The highest BCUT2D eigenvalue weighted by Crippen LogP contribution is 2.30. The van der Waals surface area contributed by atoms with E-state index in [0.29, 0.717) is 5.92 Å². The lowest BCUT2D eigenvalue weighted by atomic mass is 9.99. The Balaban J connectivity index is 1.61. The fourth-order valence-corrected chi connectivity index (χ4v) is 3.13. The van der Waals surface area contributed by atoms with Gasteiger partial charge in [-0.05, 0) is 43.1 Å². The van der Waals surface area contributed by atoms with Gasteiger partial charge in [0.15, 0.2) is 0 Å². The summed E-state index contributed by atoms with van der Waals surface area (Å²) >= 11 is 0. The smallest absolute Gasteiger partial charge is 0.122 e. The molecular weight excluding hydrogens is 250 g/mol. The molecule has 0 bridgehead atoms. The van der Waals surface area contributed by atoms with Crippen molar-refractivity contribution in [2.45, 2.75) is 25.2 Å². The minimum Gasteiger partial charge on any atom is -0.493 e. The second-order valence-corrected chi connectivity index (χ2v) is 5.65. The van der Waals surface area contributed by atoms with Gasteiger partial charge in [0.05, 0.1) is 18.5 Å². The summed E-state index contributed by atoms with van der Waals surface area (Å²) in [5, 5.41) is 3.44. The van der Waals surface area contributed by atoms with Crippen molar-refractivity contribution in [1.29, 1.82) is 0 Å². The zero-order valence-corrected chi connectivity index (χ0v) is 11.5. The van der Waals surface area contributed by atoms with E-state index >= 15 is 0 Å². The molecule has 1 aromatic heterocycles. The summed E-state index contributed by atoms with van der Waals surface area (Å²) in [6.45, 7) is 2.97. The molecule has 2 aromatic rings. The lowest BCUT2D eigenvalue weighted by Gasteiger charge is -2.20. The monoisotopic (exact) mass is 269 g/mol. The number of aromatic nitrogens is 2. The molecule has 4 rings (SSSR count). The number of benzene rings is 1. The lowest BCUT2D eigenvalue weighted by Crippen LogP contribution is -2.28. The van der Waals surface area contributed by atoms with Crippen LogP contribution in [0.5, 0.6) is 5.75 Å². The minimum atomic E-state index is 0.523. The molecule has 2 N–H and O–H groups in total. The number of rotatable bonds is 2. The zero-order valence-electron chi connectivity index (χ0n) is 11.5. The van der Waals surface area contributed by atoms with Crippen molar-refractivity contribution < 1.29 is 4.74 Å². The SMILES string of the molecule is c1cc2c(cc1-c1cnc(C3CCCNC3)[nH]1)CCO2. The van der Waals surface area contributed by atoms with Gasteiger partial charge in [-0.1, -0.05) is 0 Å². The fourth-order valence-electron chi connectivity index (χ4n) is 3.13. The van der Waals surface area contributed by atoms with E-state index in [2.05, 4.69) is 33.5 Å². The molecule has 1 atom stereocenters. The Morgan fingerprint density at radius 1 is 1.30 bits per heavy atom. The van der Waals surface area contributed by atoms with E-state index in [-0.39, 0.29) is 0 Å². The highest BCUT2D eigenvalue weighted by Gasteiger charge is 2.19. The van der Waals surface area contributed by atoms with E-state index in [4.69, 9.17) is 4.74 Å². The molecule has 1 fully saturated rings. The van der Waals surface area contributed by atoms with Crippen molar-refractivity contribution in [1.82, 2.24) is 15.3 Å². The molecule has 0 aliphatic carbocycles. The maximum Gasteiger partial charge on any atom is 0.122 e. The molecule has 2 aliphatic heterocycles. The van der Waals surface area contributed by atoms with Crippen LogP contribution in [0, 0.1) is 0 Å². The number of hydrogen-bond acceptors (Lipinski definition) is 3. The Hall–Kier alpha value is -1.81. The Labute approximate surface area is 118 Å². The van der Waals surface area contributed by atoms with E-state index in [1.807, 2.05) is 6.20 Å². The summed E-state index contributed by atoms with van der Waals surface area (Å²) in [5.41, 5.74) is 3.62. The topological polar surface area (TPSA) is 49.9 Å². The number of hydrogen-bond donors (Lipinski definition) is 2. The average molecular weight is 269 g/mol. The van der Waals surface area contributed by atoms with E-state index in [1.165, 1.54) is 24.0 Å². The molecule has 104 valence electrons. The highest BCUT2D eigenvalue weighted by atomic mass is 16.5. The summed E-state index contributed by atoms with van der Waals surface area (Å²) in [5.74, 6) is 2.67. The number of H-pyrrole nitrogens is 1. The highest BCUT2D eigenvalue weighted by molar-refractivity contribution is 5.62. The van der Waals surface area contributed by atoms with Gasteiger partial charge in [0, 0.05) is 24.4 Å². The van der Waals surface area contributed by atoms with Crippen LogP contribution in [-0.2, 0) is 6.42 Å². The van der Waals surface area contributed by atoms with E-state index < -0.39 is 0 Å². The Morgan fingerprint density at radius 3 is 3.20 bits per heavy atom. The second kappa shape index (κ2) is 4.94. The van der Waals surface area contributed by atoms with Gasteiger partial charge in [-0.15, -0.1) is 0 Å². The van der Waals surface area contributed by atoms with Gasteiger partial charge in [0.25, 0.3) is 0 Å².